The Balaban J connectivity index is 1.53. The molecule has 0 aliphatic carbocycles. The van der Waals surface area contributed by atoms with E-state index in [1.54, 1.807) is 0 Å². The summed E-state index contributed by atoms with van der Waals surface area (Å²) in [6.45, 7) is 3.55. The summed E-state index contributed by atoms with van der Waals surface area (Å²) in [7, 11) is -1.06. The first-order valence-electron chi connectivity index (χ1n) is 8.93. The van der Waals surface area contributed by atoms with Crippen molar-refractivity contribution in [2.45, 2.75) is 18.9 Å². The van der Waals surface area contributed by atoms with E-state index in [1.807, 2.05) is 35.0 Å². The van der Waals surface area contributed by atoms with Crippen LogP contribution < -0.4 is 4.90 Å². The van der Waals surface area contributed by atoms with Gasteiger partial charge in [-0.15, -0.1) is 0 Å². The minimum Gasteiger partial charge on any atom is -0.370 e. The van der Waals surface area contributed by atoms with Crippen LogP contribution in [0.3, 0.4) is 0 Å². The first-order chi connectivity index (χ1) is 11.9. The van der Waals surface area contributed by atoms with Crippen LogP contribution in [-0.4, -0.2) is 81.4 Å². The zero-order chi connectivity index (χ0) is 17.9. The molecule has 1 aromatic carbocycles. The van der Waals surface area contributed by atoms with Gasteiger partial charge in [0.2, 0.25) is 5.91 Å². The minimum atomic E-state index is -2.92. The fraction of sp³-hybridized carbons (Fsp3) is 0.611. The average molecular weight is 365 g/mol. The molecule has 2 aliphatic heterocycles. The maximum atomic E-state index is 12.6. The van der Waals surface area contributed by atoms with Crippen molar-refractivity contribution in [2.75, 3.05) is 56.2 Å². The Morgan fingerprint density at radius 1 is 1.16 bits per heavy atom. The third-order valence-electron chi connectivity index (χ3n) is 5.19. The van der Waals surface area contributed by atoms with Crippen molar-refractivity contribution in [3.05, 3.63) is 30.3 Å². The van der Waals surface area contributed by atoms with Crippen LogP contribution in [0.25, 0.3) is 0 Å². The number of amides is 1. The molecule has 0 unspecified atom stereocenters. The first-order valence-corrected chi connectivity index (χ1v) is 10.8. The van der Waals surface area contributed by atoms with Gasteiger partial charge >= 0.3 is 0 Å². The van der Waals surface area contributed by atoms with E-state index in [0.29, 0.717) is 19.5 Å². The lowest BCUT2D eigenvalue weighted by Crippen LogP contribution is -2.44. The molecule has 0 N–H and O–H groups in total. The number of likely N-dealkylation sites (N-methyl/N-ethyl adjacent to an activating group) is 1. The topological polar surface area (TPSA) is 60.9 Å². The van der Waals surface area contributed by atoms with Crippen LogP contribution >= 0.6 is 0 Å². The SMILES string of the molecule is CN(CC(=O)N1CCCN(c2ccccc2)CC1)[C@H]1CCS(=O)(=O)C1. The van der Waals surface area contributed by atoms with Crippen molar-refractivity contribution in [1.82, 2.24) is 9.80 Å². The highest BCUT2D eigenvalue weighted by Crippen LogP contribution is 2.18. The van der Waals surface area contributed by atoms with Gasteiger partial charge in [0, 0.05) is 37.9 Å². The fourth-order valence-corrected chi connectivity index (χ4v) is 5.43. The molecule has 0 bridgehead atoms. The van der Waals surface area contributed by atoms with Gasteiger partial charge in [-0.1, -0.05) is 18.2 Å². The Morgan fingerprint density at radius 3 is 2.60 bits per heavy atom. The molecule has 2 fully saturated rings. The van der Waals surface area contributed by atoms with Crippen LogP contribution in [0.4, 0.5) is 5.69 Å². The van der Waals surface area contributed by atoms with E-state index in [1.165, 1.54) is 5.69 Å². The van der Waals surface area contributed by atoms with Gasteiger partial charge < -0.3 is 9.80 Å². The van der Waals surface area contributed by atoms with Gasteiger partial charge in [-0.2, -0.15) is 0 Å². The number of hydrogen-bond acceptors (Lipinski definition) is 5. The van der Waals surface area contributed by atoms with Crippen molar-refractivity contribution >= 4 is 21.4 Å². The zero-order valence-corrected chi connectivity index (χ0v) is 15.6. The maximum absolute atomic E-state index is 12.6. The van der Waals surface area contributed by atoms with Gasteiger partial charge in [-0.25, -0.2) is 8.42 Å². The molecule has 0 aromatic heterocycles. The standard InChI is InChI=1S/C18H27N3O3S/c1-19(17-8-13-25(23,24)15-17)14-18(22)21-10-5-9-20(11-12-21)16-6-3-2-4-7-16/h2-4,6-7,17H,5,8-15H2,1H3/t17-/m0/s1. The van der Waals surface area contributed by atoms with E-state index in [2.05, 4.69) is 17.0 Å². The molecular formula is C18H27N3O3S. The maximum Gasteiger partial charge on any atom is 0.236 e. The van der Waals surface area contributed by atoms with Gasteiger partial charge in [0.15, 0.2) is 9.84 Å². The molecule has 25 heavy (non-hydrogen) atoms. The summed E-state index contributed by atoms with van der Waals surface area (Å²) >= 11 is 0. The number of anilines is 1. The number of benzene rings is 1. The predicted molar refractivity (Wildman–Crippen MR) is 99.5 cm³/mol. The largest absolute Gasteiger partial charge is 0.370 e. The molecular weight excluding hydrogens is 338 g/mol. The molecule has 138 valence electrons. The Morgan fingerprint density at radius 2 is 1.92 bits per heavy atom. The van der Waals surface area contributed by atoms with Gasteiger partial charge in [-0.3, -0.25) is 9.69 Å². The van der Waals surface area contributed by atoms with E-state index < -0.39 is 9.84 Å². The van der Waals surface area contributed by atoms with Crippen molar-refractivity contribution in [2.24, 2.45) is 0 Å². The molecule has 3 rings (SSSR count). The van der Waals surface area contributed by atoms with Gasteiger partial charge in [0.05, 0.1) is 18.1 Å². The number of para-hydroxylation sites is 1. The Kier molecular flexibility index (Phi) is 5.64. The molecule has 0 saturated carbocycles. The summed E-state index contributed by atoms with van der Waals surface area (Å²) < 4.78 is 23.2. The van der Waals surface area contributed by atoms with Crippen LogP contribution in [0.2, 0.25) is 0 Å². The van der Waals surface area contributed by atoms with Crippen LogP contribution in [0, 0.1) is 0 Å². The van der Waals surface area contributed by atoms with Crippen molar-refractivity contribution in [3.8, 4) is 0 Å². The Labute approximate surface area is 150 Å². The van der Waals surface area contributed by atoms with Crippen molar-refractivity contribution in [3.63, 3.8) is 0 Å². The quantitative estimate of drug-likeness (QED) is 0.791. The third kappa shape index (κ3) is 4.73. The van der Waals surface area contributed by atoms with Crippen LogP contribution in [-0.2, 0) is 14.6 Å². The molecule has 1 aromatic rings. The smallest absolute Gasteiger partial charge is 0.236 e. The van der Waals surface area contributed by atoms with Crippen LogP contribution in [0.15, 0.2) is 30.3 Å². The van der Waals surface area contributed by atoms with E-state index >= 15 is 0 Å². The molecule has 0 radical (unpaired) electrons. The summed E-state index contributed by atoms with van der Waals surface area (Å²) in [5.74, 6) is 0.520. The van der Waals surface area contributed by atoms with E-state index in [4.69, 9.17) is 0 Å². The molecule has 2 saturated heterocycles. The lowest BCUT2D eigenvalue weighted by Gasteiger charge is -2.27. The highest BCUT2D eigenvalue weighted by Gasteiger charge is 2.32. The van der Waals surface area contributed by atoms with E-state index in [9.17, 15) is 13.2 Å². The lowest BCUT2D eigenvalue weighted by molar-refractivity contribution is -0.132. The second-order valence-electron chi connectivity index (χ2n) is 7.03. The molecule has 2 heterocycles. The number of carbonyl (C=O) groups excluding carboxylic acids is 1. The second kappa shape index (κ2) is 7.74. The number of sulfone groups is 1. The number of carbonyl (C=O) groups is 1. The molecule has 1 atom stereocenters. The number of nitrogens with zero attached hydrogens (tertiary/aromatic N) is 3. The highest BCUT2D eigenvalue weighted by atomic mass is 32.2. The fourth-order valence-electron chi connectivity index (χ4n) is 3.63. The van der Waals surface area contributed by atoms with Gasteiger partial charge in [0.1, 0.15) is 0 Å². The van der Waals surface area contributed by atoms with E-state index in [-0.39, 0.29) is 23.5 Å². The zero-order valence-electron chi connectivity index (χ0n) is 14.8. The Hall–Kier alpha value is -1.60. The minimum absolute atomic E-state index is 0.0262. The normalized spacial score (nSPS) is 23.7. The molecule has 6 nitrogen and oxygen atoms in total. The summed E-state index contributed by atoms with van der Waals surface area (Å²) in [6.07, 6.45) is 1.58. The summed E-state index contributed by atoms with van der Waals surface area (Å²) in [5, 5.41) is 0. The average Bonchev–Trinajstić information content (AvgIpc) is 2.82. The van der Waals surface area contributed by atoms with Gasteiger partial charge in [-0.05, 0) is 32.0 Å². The van der Waals surface area contributed by atoms with Crippen LogP contribution in [0.1, 0.15) is 12.8 Å². The molecule has 0 spiro atoms. The van der Waals surface area contributed by atoms with Crippen molar-refractivity contribution in [1.29, 1.82) is 0 Å². The molecule has 1 amide bonds. The predicted octanol–water partition coefficient (Wildman–Crippen LogP) is 0.844. The number of hydrogen-bond donors (Lipinski definition) is 0. The monoisotopic (exact) mass is 365 g/mol. The number of rotatable bonds is 4. The second-order valence-corrected chi connectivity index (χ2v) is 9.26. The molecule has 2 aliphatic rings. The van der Waals surface area contributed by atoms with Crippen molar-refractivity contribution < 1.29 is 13.2 Å². The summed E-state index contributed by atoms with van der Waals surface area (Å²) in [4.78, 5) is 18.8. The lowest BCUT2D eigenvalue weighted by atomic mass is 10.2. The van der Waals surface area contributed by atoms with Gasteiger partial charge in [0.25, 0.3) is 0 Å². The summed E-state index contributed by atoms with van der Waals surface area (Å²) in [5.41, 5.74) is 1.20. The van der Waals surface area contributed by atoms with E-state index in [0.717, 1.165) is 26.1 Å². The highest BCUT2D eigenvalue weighted by molar-refractivity contribution is 7.91. The first kappa shape index (κ1) is 18.2. The Bertz CT molecular complexity index is 693. The summed E-state index contributed by atoms with van der Waals surface area (Å²) in [6, 6.07) is 10.3. The molecule has 7 heteroatoms. The third-order valence-corrected chi connectivity index (χ3v) is 6.94. The van der Waals surface area contributed by atoms with Crippen LogP contribution in [0.5, 0.6) is 0 Å².